The van der Waals surface area contributed by atoms with Gasteiger partial charge in [-0.15, -0.1) is 10.2 Å². The van der Waals surface area contributed by atoms with E-state index in [-0.39, 0.29) is 17.9 Å². The number of rotatable bonds is 7. The Kier molecular flexibility index (Phi) is 6.94. The lowest BCUT2D eigenvalue weighted by atomic mass is 9.87. The standard InChI is InChI=1S/C27H41N5O/c1-18-11-14-22(19(2)17-18)28-26(33)21-9-8-16-31(6)24(21)25-30-29-23(32(25)20-12-13-20)10-7-15-27(3,4)5/h11,14,17,20-21,24H,7-10,12-13,15-16H2,1-6H3,(H,28,33)/t21-,24-/m0/s1. The van der Waals surface area contributed by atoms with Crippen molar-refractivity contribution in [3.63, 3.8) is 0 Å². The number of hydrogen-bond donors (Lipinski definition) is 1. The van der Waals surface area contributed by atoms with Crippen molar-refractivity contribution in [2.24, 2.45) is 11.3 Å². The lowest BCUT2D eigenvalue weighted by Crippen LogP contribution is -2.43. The zero-order valence-electron chi connectivity index (χ0n) is 21.3. The molecule has 0 unspecified atom stereocenters. The molecule has 1 aliphatic carbocycles. The fourth-order valence-electron chi connectivity index (χ4n) is 5.21. The Morgan fingerprint density at radius 3 is 2.58 bits per heavy atom. The SMILES string of the molecule is Cc1ccc(NC(=O)[C@H]2CCCN(C)[C@@H]2c2nnc(CCCC(C)(C)C)n2C2CC2)c(C)c1. The molecule has 2 atom stereocenters. The number of benzene rings is 1. The van der Waals surface area contributed by atoms with E-state index in [0.717, 1.165) is 55.1 Å². The van der Waals surface area contributed by atoms with Crippen LogP contribution >= 0.6 is 0 Å². The van der Waals surface area contributed by atoms with Crippen LogP contribution in [0.4, 0.5) is 5.69 Å². The summed E-state index contributed by atoms with van der Waals surface area (Å²) >= 11 is 0. The predicted octanol–water partition coefficient (Wildman–Crippen LogP) is 5.62. The van der Waals surface area contributed by atoms with Gasteiger partial charge in [-0.3, -0.25) is 9.69 Å². The van der Waals surface area contributed by atoms with Gasteiger partial charge in [-0.25, -0.2) is 0 Å². The Labute approximate surface area is 199 Å². The van der Waals surface area contributed by atoms with Crippen LogP contribution in [0.5, 0.6) is 0 Å². The first-order valence-electron chi connectivity index (χ1n) is 12.7. The molecule has 180 valence electrons. The van der Waals surface area contributed by atoms with Crippen LogP contribution in [0.15, 0.2) is 18.2 Å². The molecule has 0 radical (unpaired) electrons. The van der Waals surface area contributed by atoms with Gasteiger partial charge in [-0.2, -0.15) is 0 Å². The summed E-state index contributed by atoms with van der Waals surface area (Å²) < 4.78 is 2.40. The number of anilines is 1. The Bertz CT molecular complexity index is 985. The number of piperidine rings is 1. The van der Waals surface area contributed by atoms with Gasteiger partial charge >= 0.3 is 0 Å². The molecule has 1 saturated carbocycles. The molecular formula is C27H41N5O. The lowest BCUT2D eigenvalue weighted by Gasteiger charge is -2.38. The highest BCUT2D eigenvalue weighted by atomic mass is 16.2. The largest absolute Gasteiger partial charge is 0.326 e. The molecule has 2 aliphatic rings. The van der Waals surface area contributed by atoms with Gasteiger partial charge in [0.2, 0.25) is 5.91 Å². The predicted molar refractivity (Wildman–Crippen MR) is 133 cm³/mol. The zero-order valence-corrected chi connectivity index (χ0v) is 21.3. The van der Waals surface area contributed by atoms with E-state index in [0.29, 0.717) is 11.5 Å². The first kappa shape index (κ1) is 23.9. The zero-order chi connectivity index (χ0) is 23.8. The molecule has 1 amide bonds. The molecular weight excluding hydrogens is 410 g/mol. The molecule has 0 bridgehead atoms. The summed E-state index contributed by atoms with van der Waals surface area (Å²) in [7, 11) is 2.13. The Balaban J connectivity index is 1.58. The number of hydrogen-bond acceptors (Lipinski definition) is 4. The molecule has 1 aromatic carbocycles. The second-order valence-corrected chi connectivity index (χ2v) is 11.5. The van der Waals surface area contributed by atoms with Crippen molar-refractivity contribution in [1.29, 1.82) is 0 Å². The maximum Gasteiger partial charge on any atom is 0.229 e. The van der Waals surface area contributed by atoms with Gasteiger partial charge in [0.1, 0.15) is 5.82 Å². The van der Waals surface area contributed by atoms with E-state index in [9.17, 15) is 4.79 Å². The topological polar surface area (TPSA) is 63.1 Å². The number of nitrogens with zero attached hydrogens (tertiary/aromatic N) is 4. The van der Waals surface area contributed by atoms with Crippen molar-refractivity contribution in [2.45, 2.75) is 91.6 Å². The molecule has 4 rings (SSSR count). The summed E-state index contributed by atoms with van der Waals surface area (Å²) in [6, 6.07) is 6.66. The highest BCUT2D eigenvalue weighted by Crippen LogP contribution is 2.42. The maximum absolute atomic E-state index is 13.5. The van der Waals surface area contributed by atoms with Crippen molar-refractivity contribution in [2.75, 3.05) is 18.9 Å². The van der Waals surface area contributed by atoms with Crippen LogP contribution in [0.25, 0.3) is 0 Å². The fraction of sp³-hybridized carbons (Fsp3) is 0.667. The quantitative estimate of drug-likeness (QED) is 0.593. The highest BCUT2D eigenvalue weighted by molar-refractivity contribution is 5.93. The second kappa shape index (κ2) is 9.57. The summed E-state index contributed by atoms with van der Waals surface area (Å²) in [5.41, 5.74) is 3.54. The minimum absolute atomic E-state index is 0.0334. The Hall–Kier alpha value is -2.21. The second-order valence-electron chi connectivity index (χ2n) is 11.5. The van der Waals surface area contributed by atoms with E-state index in [1.165, 1.54) is 24.8 Å². The smallest absolute Gasteiger partial charge is 0.229 e. The maximum atomic E-state index is 13.5. The first-order chi connectivity index (χ1) is 15.6. The summed E-state index contributed by atoms with van der Waals surface area (Å²) in [4.78, 5) is 15.8. The summed E-state index contributed by atoms with van der Waals surface area (Å²) in [6.07, 6.45) is 7.52. The van der Waals surface area contributed by atoms with Crippen LogP contribution in [0.2, 0.25) is 0 Å². The van der Waals surface area contributed by atoms with Crippen LogP contribution in [0.3, 0.4) is 0 Å². The number of aryl methyl sites for hydroxylation is 3. The highest BCUT2D eigenvalue weighted by Gasteiger charge is 2.41. The molecule has 1 N–H and O–H groups in total. The van der Waals surface area contributed by atoms with E-state index >= 15 is 0 Å². The number of carbonyl (C=O) groups is 1. The molecule has 0 spiro atoms. The van der Waals surface area contributed by atoms with E-state index in [4.69, 9.17) is 5.10 Å². The van der Waals surface area contributed by atoms with Gasteiger partial charge in [0, 0.05) is 18.2 Å². The number of likely N-dealkylation sites (tertiary alicyclic amines) is 1. The molecule has 33 heavy (non-hydrogen) atoms. The Morgan fingerprint density at radius 2 is 1.91 bits per heavy atom. The normalized spacial score (nSPS) is 21.9. The van der Waals surface area contributed by atoms with Crippen LogP contribution in [-0.4, -0.2) is 39.2 Å². The first-order valence-corrected chi connectivity index (χ1v) is 12.7. The van der Waals surface area contributed by atoms with Gasteiger partial charge in [0.05, 0.1) is 12.0 Å². The molecule has 2 heterocycles. The fourth-order valence-corrected chi connectivity index (χ4v) is 5.21. The van der Waals surface area contributed by atoms with Crippen molar-refractivity contribution in [3.05, 3.63) is 41.0 Å². The van der Waals surface area contributed by atoms with Crippen molar-refractivity contribution in [1.82, 2.24) is 19.7 Å². The molecule has 1 aliphatic heterocycles. The van der Waals surface area contributed by atoms with E-state index < -0.39 is 0 Å². The van der Waals surface area contributed by atoms with Gasteiger partial charge in [-0.1, -0.05) is 38.5 Å². The number of amides is 1. The minimum atomic E-state index is -0.131. The summed E-state index contributed by atoms with van der Waals surface area (Å²) in [5.74, 6) is 2.06. The average Bonchev–Trinajstić information content (AvgIpc) is 3.49. The number of nitrogens with one attached hydrogen (secondary N) is 1. The van der Waals surface area contributed by atoms with E-state index in [1.54, 1.807) is 0 Å². The third kappa shape index (κ3) is 5.65. The average molecular weight is 452 g/mol. The summed E-state index contributed by atoms with van der Waals surface area (Å²) in [5, 5.41) is 12.6. The molecule has 2 aromatic rings. The van der Waals surface area contributed by atoms with Gasteiger partial charge in [0.15, 0.2) is 5.82 Å². The third-order valence-electron chi connectivity index (χ3n) is 7.16. The monoisotopic (exact) mass is 451 g/mol. The molecule has 2 fully saturated rings. The van der Waals surface area contributed by atoms with Crippen molar-refractivity contribution >= 4 is 11.6 Å². The van der Waals surface area contributed by atoms with E-state index in [1.807, 2.05) is 6.07 Å². The van der Waals surface area contributed by atoms with Crippen LogP contribution in [0, 0.1) is 25.2 Å². The molecule has 1 aromatic heterocycles. The van der Waals surface area contributed by atoms with Gasteiger partial charge < -0.3 is 9.88 Å². The number of carbonyl (C=O) groups excluding carboxylic acids is 1. The van der Waals surface area contributed by atoms with Crippen LogP contribution < -0.4 is 5.32 Å². The molecule has 6 nitrogen and oxygen atoms in total. The van der Waals surface area contributed by atoms with Crippen LogP contribution in [-0.2, 0) is 11.2 Å². The summed E-state index contributed by atoms with van der Waals surface area (Å²) in [6.45, 7) is 12.0. The van der Waals surface area contributed by atoms with Gasteiger partial charge in [0.25, 0.3) is 0 Å². The van der Waals surface area contributed by atoms with Gasteiger partial charge in [-0.05, 0) is 83.0 Å². The van der Waals surface area contributed by atoms with Crippen molar-refractivity contribution < 1.29 is 4.79 Å². The minimum Gasteiger partial charge on any atom is -0.326 e. The Morgan fingerprint density at radius 1 is 1.15 bits per heavy atom. The molecule has 1 saturated heterocycles. The lowest BCUT2D eigenvalue weighted by molar-refractivity contribution is -0.123. The van der Waals surface area contributed by atoms with Crippen molar-refractivity contribution in [3.8, 4) is 0 Å². The molecule has 6 heteroatoms. The van der Waals surface area contributed by atoms with E-state index in [2.05, 4.69) is 73.7 Å². The van der Waals surface area contributed by atoms with Crippen LogP contribution in [0.1, 0.15) is 94.2 Å². The number of aromatic nitrogens is 3. The third-order valence-corrected chi connectivity index (χ3v) is 7.16.